The van der Waals surface area contributed by atoms with Crippen LogP contribution in [0.1, 0.15) is 28.1 Å². The van der Waals surface area contributed by atoms with Crippen LogP contribution in [0, 0.1) is 13.8 Å². The molecule has 2 aromatic heterocycles. The molecule has 3 aromatic rings. The molecule has 0 atom stereocenters. The van der Waals surface area contributed by atoms with E-state index in [1.165, 1.54) is 18.3 Å². The van der Waals surface area contributed by atoms with E-state index in [0.717, 1.165) is 34.9 Å². The number of halogens is 3. The van der Waals surface area contributed by atoms with E-state index in [2.05, 4.69) is 15.5 Å². The number of hydrogen-bond acceptors (Lipinski definition) is 3. The number of aromatic nitrogens is 2. The Morgan fingerprint density at radius 1 is 1.17 bits per heavy atom. The van der Waals surface area contributed by atoms with Crippen molar-refractivity contribution in [2.75, 3.05) is 0 Å². The number of carbonyl (C=O) groups excluding carboxylic acids is 1. The Hall–Kier alpha value is -3.42. The molecule has 1 N–H and O–H groups in total. The van der Waals surface area contributed by atoms with Crippen LogP contribution in [0.4, 0.5) is 13.2 Å². The van der Waals surface area contributed by atoms with Crippen LogP contribution in [0.2, 0.25) is 0 Å². The maximum absolute atomic E-state index is 12.8. The highest BCUT2D eigenvalue weighted by Crippen LogP contribution is 2.29. The molecule has 150 valence electrons. The van der Waals surface area contributed by atoms with Crippen LogP contribution in [0.15, 0.2) is 59.8 Å². The summed E-state index contributed by atoms with van der Waals surface area (Å²) in [6, 6.07) is 12.2. The van der Waals surface area contributed by atoms with Gasteiger partial charge in [0.1, 0.15) is 5.82 Å². The lowest BCUT2D eigenvalue weighted by Gasteiger charge is -2.08. The molecule has 1 aromatic carbocycles. The summed E-state index contributed by atoms with van der Waals surface area (Å²) in [5, 5.41) is 3.94. The topological polar surface area (TPSA) is 59.3 Å². The fourth-order valence-corrected chi connectivity index (χ4v) is 3.01. The van der Waals surface area contributed by atoms with Crippen molar-refractivity contribution in [3.8, 4) is 5.82 Å². The number of carbonyl (C=O) groups is 1. The zero-order chi connectivity index (χ0) is 21.0. The molecule has 0 unspecified atom stereocenters. The third kappa shape index (κ3) is 4.90. The lowest BCUT2D eigenvalue weighted by Crippen LogP contribution is -2.20. The number of alkyl halides is 3. The van der Waals surface area contributed by atoms with E-state index in [-0.39, 0.29) is 12.0 Å². The van der Waals surface area contributed by atoms with Gasteiger partial charge in [-0.1, -0.05) is 24.3 Å². The second-order valence-corrected chi connectivity index (χ2v) is 6.52. The van der Waals surface area contributed by atoms with Gasteiger partial charge in [0.2, 0.25) is 5.91 Å². The van der Waals surface area contributed by atoms with Gasteiger partial charge >= 0.3 is 6.18 Å². The third-order valence-corrected chi connectivity index (χ3v) is 4.36. The number of aryl methyl sites for hydroxylation is 1. The first-order valence-electron chi connectivity index (χ1n) is 8.84. The molecule has 5 nitrogen and oxygen atoms in total. The summed E-state index contributed by atoms with van der Waals surface area (Å²) < 4.78 is 40.2. The zero-order valence-corrected chi connectivity index (χ0v) is 15.9. The van der Waals surface area contributed by atoms with Gasteiger partial charge in [-0.05, 0) is 43.7 Å². The molecule has 0 aliphatic heterocycles. The molecule has 2 heterocycles. The molecule has 3 rings (SSSR count). The van der Waals surface area contributed by atoms with Gasteiger partial charge in [-0.2, -0.15) is 18.3 Å². The molecule has 0 saturated carbocycles. The molecular formula is C21H19F3N4O. The van der Waals surface area contributed by atoms with Crippen molar-refractivity contribution in [2.24, 2.45) is 5.10 Å². The van der Waals surface area contributed by atoms with Gasteiger partial charge in [-0.15, -0.1) is 0 Å². The molecule has 0 aliphatic carbocycles. The van der Waals surface area contributed by atoms with Crippen molar-refractivity contribution in [3.63, 3.8) is 0 Å². The van der Waals surface area contributed by atoms with Crippen molar-refractivity contribution in [2.45, 2.75) is 26.4 Å². The van der Waals surface area contributed by atoms with Gasteiger partial charge in [-0.3, -0.25) is 4.79 Å². The summed E-state index contributed by atoms with van der Waals surface area (Å²) in [6.07, 6.45) is -1.43. The molecule has 1 amide bonds. The predicted octanol–water partition coefficient (Wildman–Crippen LogP) is 4.20. The summed E-state index contributed by atoms with van der Waals surface area (Å²) in [4.78, 5) is 16.4. The Morgan fingerprint density at radius 3 is 2.66 bits per heavy atom. The van der Waals surface area contributed by atoms with E-state index in [1.54, 1.807) is 6.20 Å². The lowest BCUT2D eigenvalue weighted by molar-refractivity contribution is -0.137. The highest BCUT2D eigenvalue weighted by atomic mass is 19.4. The Morgan fingerprint density at radius 2 is 1.97 bits per heavy atom. The summed E-state index contributed by atoms with van der Waals surface area (Å²) in [6.45, 7) is 3.85. The average molecular weight is 400 g/mol. The van der Waals surface area contributed by atoms with Crippen molar-refractivity contribution in [1.82, 2.24) is 15.0 Å². The Bertz CT molecular complexity index is 1040. The monoisotopic (exact) mass is 400 g/mol. The summed E-state index contributed by atoms with van der Waals surface area (Å²) in [7, 11) is 0. The van der Waals surface area contributed by atoms with E-state index in [1.807, 2.05) is 42.7 Å². The van der Waals surface area contributed by atoms with Crippen molar-refractivity contribution < 1.29 is 18.0 Å². The van der Waals surface area contributed by atoms with Crippen LogP contribution in [-0.2, 0) is 17.4 Å². The standard InChI is InChI=1S/C21H19F3N4O/c1-14-10-17(15(2)28(14)19-8-3-4-9-25-19)13-26-27-20(29)12-16-6-5-7-18(11-16)21(22,23)24/h3-11,13H,12H2,1-2H3,(H,27,29)/b26-13+. The minimum atomic E-state index is -4.44. The van der Waals surface area contributed by atoms with Gasteiger partial charge in [0.05, 0.1) is 18.2 Å². The Labute approximate surface area is 165 Å². The van der Waals surface area contributed by atoms with Gasteiger partial charge in [-0.25, -0.2) is 10.4 Å². The van der Waals surface area contributed by atoms with Crippen LogP contribution in [0.3, 0.4) is 0 Å². The van der Waals surface area contributed by atoms with Crippen molar-refractivity contribution in [1.29, 1.82) is 0 Å². The van der Waals surface area contributed by atoms with Gasteiger partial charge in [0.15, 0.2) is 0 Å². The minimum absolute atomic E-state index is 0.200. The largest absolute Gasteiger partial charge is 0.416 e. The van der Waals surface area contributed by atoms with Crippen LogP contribution in [0.5, 0.6) is 0 Å². The lowest BCUT2D eigenvalue weighted by atomic mass is 10.1. The number of nitrogens with one attached hydrogen (secondary N) is 1. The van der Waals surface area contributed by atoms with E-state index in [4.69, 9.17) is 0 Å². The Kier molecular flexibility index (Phi) is 5.81. The fourth-order valence-electron chi connectivity index (χ4n) is 3.01. The smallest absolute Gasteiger partial charge is 0.303 e. The fraction of sp³-hybridized carbons (Fsp3) is 0.190. The first-order valence-corrected chi connectivity index (χ1v) is 8.84. The van der Waals surface area contributed by atoms with Crippen LogP contribution >= 0.6 is 0 Å². The Balaban J connectivity index is 1.67. The molecule has 0 spiro atoms. The van der Waals surface area contributed by atoms with Gasteiger partial charge < -0.3 is 4.57 Å². The molecule has 8 heteroatoms. The van der Waals surface area contributed by atoms with E-state index < -0.39 is 17.6 Å². The maximum atomic E-state index is 12.8. The zero-order valence-electron chi connectivity index (χ0n) is 15.9. The number of rotatable bonds is 5. The third-order valence-electron chi connectivity index (χ3n) is 4.36. The van der Waals surface area contributed by atoms with E-state index in [0.29, 0.717) is 0 Å². The number of amides is 1. The average Bonchev–Trinajstić information content (AvgIpc) is 2.95. The molecular weight excluding hydrogens is 381 g/mol. The van der Waals surface area contributed by atoms with E-state index >= 15 is 0 Å². The van der Waals surface area contributed by atoms with Crippen LogP contribution in [-0.4, -0.2) is 21.7 Å². The quantitative estimate of drug-likeness (QED) is 0.515. The van der Waals surface area contributed by atoms with Crippen LogP contribution < -0.4 is 5.43 Å². The first kappa shape index (κ1) is 20.3. The molecule has 29 heavy (non-hydrogen) atoms. The molecule has 0 bridgehead atoms. The number of hydrazone groups is 1. The second-order valence-electron chi connectivity index (χ2n) is 6.52. The summed E-state index contributed by atoms with van der Waals surface area (Å²) in [5.74, 6) is 0.273. The van der Waals surface area contributed by atoms with E-state index in [9.17, 15) is 18.0 Å². The molecule has 0 aliphatic rings. The number of benzene rings is 1. The SMILES string of the molecule is Cc1cc(/C=N/NC(=O)Cc2cccc(C(F)(F)F)c2)c(C)n1-c1ccccn1. The summed E-state index contributed by atoms with van der Waals surface area (Å²) in [5.41, 5.74) is 4.49. The summed E-state index contributed by atoms with van der Waals surface area (Å²) >= 11 is 0. The number of hydrogen-bond donors (Lipinski definition) is 1. The minimum Gasteiger partial charge on any atom is -0.303 e. The van der Waals surface area contributed by atoms with Crippen molar-refractivity contribution in [3.05, 3.63) is 82.8 Å². The normalized spacial score (nSPS) is 11.8. The van der Waals surface area contributed by atoms with Gasteiger partial charge in [0.25, 0.3) is 0 Å². The van der Waals surface area contributed by atoms with Crippen molar-refractivity contribution >= 4 is 12.1 Å². The predicted molar refractivity (Wildman–Crippen MR) is 104 cm³/mol. The van der Waals surface area contributed by atoms with Gasteiger partial charge in [0, 0.05) is 23.1 Å². The highest BCUT2D eigenvalue weighted by molar-refractivity contribution is 5.84. The van der Waals surface area contributed by atoms with Crippen LogP contribution in [0.25, 0.3) is 5.82 Å². The molecule has 0 fully saturated rings. The maximum Gasteiger partial charge on any atom is 0.416 e. The second kappa shape index (κ2) is 8.30. The molecule has 0 radical (unpaired) electrons. The number of nitrogens with zero attached hydrogens (tertiary/aromatic N) is 3. The highest BCUT2D eigenvalue weighted by Gasteiger charge is 2.30. The first-order chi connectivity index (χ1) is 13.8. The number of pyridine rings is 1. The molecule has 0 saturated heterocycles.